The van der Waals surface area contributed by atoms with Crippen molar-refractivity contribution < 1.29 is 4.79 Å². The fourth-order valence-electron chi connectivity index (χ4n) is 1.91. The minimum Gasteiger partial charge on any atom is -0.343 e. The standard InChI is InChI=1S/C12H15N3O/c1-9-6-11(8-16)10(2)15(9)7-12-4-5-13-14(12)3/h4-6,8H,7H2,1-3H3. The first-order chi connectivity index (χ1) is 7.63. The molecule has 0 spiro atoms. The summed E-state index contributed by atoms with van der Waals surface area (Å²) >= 11 is 0. The lowest BCUT2D eigenvalue weighted by molar-refractivity contribution is 0.112. The Bertz CT molecular complexity index is 522. The van der Waals surface area contributed by atoms with E-state index in [1.54, 1.807) is 6.20 Å². The maximum atomic E-state index is 10.8. The second-order valence-electron chi connectivity index (χ2n) is 3.98. The fourth-order valence-corrected chi connectivity index (χ4v) is 1.91. The van der Waals surface area contributed by atoms with Gasteiger partial charge < -0.3 is 4.57 Å². The average Bonchev–Trinajstić information content (AvgIpc) is 2.77. The molecular weight excluding hydrogens is 202 g/mol. The van der Waals surface area contributed by atoms with Gasteiger partial charge in [0.2, 0.25) is 0 Å². The van der Waals surface area contributed by atoms with E-state index < -0.39 is 0 Å². The Morgan fingerprint density at radius 2 is 2.19 bits per heavy atom. The van der Waals surface area contributed by atoms with Crippen LogP contribution in [0.1, 0.15) is 27.4 Å². The van der Waals surface area contributed by atoms with Crippen molar-refractivity contribution >= 4 is 6.29 Å². The second-order valence-corrected chi connectivity index (χ2v) is 3.98. The Morgan fingerprint density at radius 1 is 1.44 bits per heavy atom. The molecule has 0 aliphatic rings. The first kappa shape index (κ1) is 10.7. The first-order valence-electron chi connectivity index (χ1n) is 5.22. The largest absolute Gasteiger partial charge is 0.343 e. The molecule has 0 N–H and O–H groups in total. The van der Waals surface area contributed by atoms with Crippen LogP contribution in [0.5, 0.6) is 0 Å². The third kappa shape index (κ3) is 1.66. The number of carbonyl (C=O) groups excluding carboxylic acids is 1. The molecule has 0 unspecified atom stereocenters. The van der Waals surface area contributed by atoms with E-state index in [-0.39, 0.29) is 0 Å². The maximum absolute atomic E-state index is 10.8. The molecule has 0 bridgehead atoms. The summed E-state index contributed by atoms with van der Waals surface area (Å²) in [6.07, 6.45) is 2.69. The van der Waals surface area contributed by atoms with Crippen molar-refractivity contribution in [3.8, 4) is 0 Å². The number of aromatic nitrogens is 3. The van der Waals surface area contributed by atoms with Gasteiger partial charge in [-0.3, -0.25) is 9.48 Å². The molecule has 4 heteroatoms. The van der Waals surface area contributed by atoms with Gasteiger partial charge in [0.1, 0.15) is 0 Å². The van der Waals surface area contributed by atoms with E-state index in [1.165, 1.54) is 0 Å². The molecule has 16 heavy (non-hydrogen) atoms. The summed E-state index contributed by atoms with van der Waals surface area (Å²) in [5, 5.41) is 4.13. The minimum absolute atomic E-state index is 0.752. The van der Waals surface area contributed by atoms with Crippen molar-refractivity contribution in [1.82, 2.24) is 14.3 Å². The lowest BCUT2D eigenvalue weighted by atomic mass is 10.3. The van der Waals surface area contributed by atoms with Crippen LogP contribution in [0.2, 0.25) is 0 Å². The molecule has 0 saturated heterocycles. The molecule has 2 rings (SSSR count). The van der Waals surface area contributed by atoms with Crippen LogP contribution in [0.4, 0.5) is 0 Å². The Hall–Kier alpha value is -1.84. The molecule has 0 atom stereocenters. The van der Waals surface area contributed by atoms with Crippen molar-refractivity contribution in [2.24, 2.45) is 7.05 Å². The van der Waals surface area contributed by atoms with Crippen LogP contribution in [0.25, 0.3) is 0 Å². The van der Waals surface area contributed by atoms with Crippen LogP contribution in [-0.2, 0) is 13.6 Å². The molecule has 2 aromatic rings. The Labute approximate surface area is 94.5 Å². The molecule has 0 aliphatic heterocycles. The predicted octanol–water partition coefficient (Wildman–Crippen LogP) is 1.70. The molecule has 2 aromatic heterocycles. The van der Waals surface area contributed by atoms with E-state index in [2.05, 4.69) is 9.67 Å². The number of aryl methyl sites for hydroxylation is 2. The Morgan fingerprint density at radius 3 is 2.69 bits per heavy atom. The van der Waals surface area contributed by atoms with Gasteiger partial charge in [-0.15, -0.1) is 0 Å². The van der Waals surface area contributed by atoms with Gasteiger partial charge in [0.25, 0.3) is 0 Å². The molecule has 0 aliphatic carbocycles. The third-order valence-electron chi connectivity index (χ3n) is 2.98. The number of rotatable bonds is 3. The summed E-state index contributed by atoms with van der Waals surface area (Å²) in [4.78, 5) is 10.8. The van der Waals surface area contributed by atoms with Gasteiger partial charge in [-0.05, 0) is 26.0 Å². The zero-order chi connectivity index (χ0) is 11.7. The summed E-state index contributed by atoms with van der Waals surface area (Å²) < 4.78 is 3.97. The first-order valence-corrected chi connectivity index (χ1v) is 5.22. The summed E-state index contributed by atoms with van der Waals surface area (Å²) in [6, 6.07) is 3.90. The summed E-state index contributed by atoms with van der Waals surface area (Å²) in [7, 11) is 1.92. The molecular formula is C12H15N3O. The van der Waals surface area contributed by atoms with Crippen molar-refractivity contribution in [2.45, 2.75) is 20.4 Å². The summed E-state index contributed by atoms with van der Waals surface area (Å²) in [5.74, 6) is 0. The van der Waals surface area contributed by atoms with E-state index in [1.807, 2.05) is 37.7 Å². The van der Waals surface area contributed by atoms with Gasteiger partial charge in [0.05, 0.1) is 12.2 Å². The van der Waals surface area contributed by atoms with Crippen molar-refractivity contribution in [2.75, 3.05) is 0 Å². The molecule has 0 amide bonds. The highest BCUT2D eigenvalue weighted by atomic mass is 16.1. The smallest absolute Gasteiger partial charge is 0.151 e. The lowest BCUT2D eigenvalue weighted by Gasteiger charge is -2.09. The zero-order valence-electron chi connectivity index (χ0n) is 9.77. The highest BCUT2D eigenvalue weighted by Crippen LogP contribution is 2.15. The highest BCUT2D eigenvalue weighted by Gasteiger charge is 2.09. The van der Waals surface area contributed by atoms with Crippen LogP contribution >= 0.6 is 0 Å². The van der Waals surface area contributed by atoms with Crippen molar-refractivity contribution in [3.63, 3.8) is 0 Å². The van der Waals surface area contributed by atoms with E-state index in [0.29, 0.717) is 0 Å². The number of nitrogens with zero attached hydrogens (tertiary/aromatic N) is 3. The number of hydrogen-bond donors (Lipinski definition) is 0. The molecule has 0 fully saturated rings. The van der Waals surface area contributed by atoms with Crippen molar-refractivity contribution in [1.29, 1.82) is 0 Å². The van der Waals surface area contributed by atoms with E-state index in [9.17, 15) is 4.79 Å². The molecule has 84 valence electrons. The Kier molecular flexibility index (Phi) is 2.64. The van der Waals surface area contributed by atoms with Gasteiger partial charge >= 0.3 is 0 Å². The van der Waals surface area contributed by atoms with Crippen molar-refractivity contribution in [3.05, 3.63) is 41.0 Å². The third-order valence-corrected chi connectivity index (χ3v) is 2.98. The van der Waals surface area contributed by atoms with Gasteiger partial charge in [-0.1, -0.05) is 0 Å². The second kappa shape index (κ2) is 3.96. The van der Waals surface area contributed by atoms with Gasteiger partial charge in [-0.25, -0.2) is 0 Å². The monoisotopic (exact) mass is 217 g/mol. The van der Waals surface area contributed by atoms with Gasteiger partial charge in [0.15, 0.2) is 6.29 Å². The highest BCUT2D eigenvalue weighted by molar-refractivity contribution is 5.77. The molecule has 4 nitrogen and oxygen atoms in total. The summed E-state index contributed by atoms with van der Waals surface area (Å²) in [6.45, 7) is 4.73. The van der Waals surface area contributed by atoms with E-state index >= 15 is 0 Å². The van der Waals surface area contributed by atoms with Crippen LogP contribution in [-0.4, -0.2) is 20.6 Å². The van der Waals surface area contributed by atoms with Crippen LogP contribution in [0.3, 0.4) is 0 Å². The minimum atomic E-state index is 0.752. The van der Waals surface area contributed by atoms with Crippen LogP contribution in [0.15, 0.2) is 18.3 Å². The van der Waals surface area contributed by atoms with Gasteiger partial charge in [-0.2, -0.15) is 5.10 Å². The fraction of sp³-hybridized carbons (Fsp3) is 0.333. The predicted molar refractivity (Wildman–Crippen MR) is 61.6 cm³/mol. The number of aldehydes is 1. The number of carbonyl (C=O) groups is 1. The maximum Gasteiger partial charge on any atom is 0.151 e. The molecule has 0 radical (unpaired) electrons. The molecule has 0 aromatic carbocycles. The number of hydrogen-bond acceptors (Lipinski definition) is 2. The van der Waals surface area contributed by atoms with E-state index in [4.69, 9.17) is 0 Å². The molecule has 2 heterocycles. The van der Waals surface area contributed by atoms with E-state index in [0.717, 1.165) is 35.5 Å². The normalized spacial score (nSPS) is 10.7. The Balaban J connectivity index is 2.38. The quantitative estimate of drug-likeness (QED) is 0.734. The molecule has 0 saturated carbocycles. The van der Waals surface area contributed by atoms with Crippen LogP contribution in [0, 0.1) is 13.8 Å². The SMILES string of the molecule is Cc1cc(C=O)c(C)n1Cc1ccnn1C. The topological polar surface area (TPSA) is 39.8 Å². The summed E-state index contributed by atoms with van der Waals surface area (Å²) in [5.41, 5.74) is 3.99. The zero-order valence-corrected chi connectivity index (χ0v) is 9.77. The van der Waals surface area contributed by atoms with Crippen LogP contribution < -0.4 is 0 Å². The van der Waals surface area contributed by atoms with Gasteiger partial charge in [0, 0.05) is 30.2 Å². The lowest BCUT2D eigenvalue weighted by Crippen LogP contribution is -2.08. The average molecular weight is 217 g/mol.